The summed E-state index contributed by atoms with van der Waals surface area (Å²) in [7, 11) is 0. The molecule has 0 radical (unpaired) electrons. The lowest BCUT2D eigenvalue weighted by Gasteiger charge is -2.32. The highest BCUT2D eigenvalue weighted by atomic mass is 19.3. The molecule has 0 aliphatic rings. The van der Waals surface area contributed by atoms with Gasteiger partial charge in [-0.1, -0.05) is 13.8 Å². The van der Waals surface area contributed by atoms with E-state index in [-0.39, 0.29) is 6.54 Å². The van der Waals surface area contributed by atoms with Crippen LogP contribution in [-0.2, 0) is 4.79 Å². The molecule has 0 rings (SSSR count). The Labute approximate surface area is 91.4 Å². The lowest BCUT2D eigenvalue weighted by atomic mass is 9.92. The van der Waals surface area contributed by atoms with Crippen LogP contribution in [0.5, 0.6) is 0 Å². The zero-order chi connectivity index (χ0) is 13.0. The van der Waals surface area contributed by atoms with Gasteiger partial charge in [-0.15, -0.1) is 0 Å². The third-order valence-electron chi connectivity index (χ3n) is 2.70. The van der Waals surface area contributed by atoms with Gasteiger partial charge >= 0.3 is 12.3 Å². The van der Waals surface area contributed by atoms with Crippen LogP contribution in [0, 0.1) is 0 Å². The highest BCUT2D eigenvalue weighted by molar-refractivity contribution is 5.84. The molecule has 0 heterocycles. The number of carbonyl (C=O) groups is 1. The average molecular weight is 244 g/mol. The Kier molecular flexibility index (Phi) is 5.18. The first kappa shape index (κ1) is 15.2. The number of nitrogens with two attached hydrogens (primary N) is 1. The fourth-order valence-electron chi connectivity index (χ4n) is 1.19. The second kappa shape index (κ2) is 5.47. The van der Waals surface area contributed by atoms with Gasteiger partial charge in [-0.2, -0.15) is 8.78 Å². The molecule has 16 heavy (non-hydrogen) atoms. The minimum atomic E-state index is -4.68. The van der Waals surface area contributed by atoms with E-state index in [1.54, 1.807) is 13.8 Å². The van der Waals surface area contributed by atoms with Crippen molar-refractivity contribution in [1.82, 2.24) is 5.32 Å². The van der Waals surface area contributed by atoms with E-state index in [1.807, 2.05) is 5.32 Å². The minimum Gasteiger partial charge on any atom is -0.344 e. The van der Waals surface area contributed by atoms with Crippen molar-refractivity contribution in [3.63, 3.8) is 0 Å². The summed E-state index contributed by atoms with van der Waals surface area (Å²) in [6, 6.07) is 0. The average Bonchev–Trinajstić information content (AvgIpc) is 2.25. The molecule has 0 aromatic rings. The van der Waals surface area contributed by atoms with Crippen molar-refractivity contribution in [3.05, 3.63) is 0 Å². The third kappa shape index (κ3) is 3.07. The standard InChI is InChI=1S/C9H16F4N2O/c1-3-8(4-2,5-14)15-7(16)9(12,13)6(10)11/h6H,3-5,14H2,1-2H3,(H,15,16). The molecule has 3 N–H and O–H groups in total. The number of amides is 1. The molecule has 7 heteroatoms. The van der Waals surface area contributed by atoms with Gasteiger partial charge in [0.1, 0.15) is 0 Å². The molecule has 0 saturated heterocycles. The van der Waals surface area contributed by atoms with E-state index in [4.69, 9.17) is 5.73 Å². The van der Waals surface area contributed by atoms with Gasteiger partial charge < -0.3 is 11.1 Å². The highest BCUT2D eigenvalue weighted by Gasteiger charge is 2.50. The van der Waals surface area contributed by atoms with Gasteiger partial charge in [0.15, 0.2) is 0 Å². The molecule has 0 spiro atoms. The summed E-state index contributed by atoms with van der Waals surface area (Å²) in [5.74, 6) is -6.65. The first-order chi connectivity index (χ1) is 7.25. The summed E-state index contributed by atoms with van der Waals surface area (Å²) >= 11 is 0. The Balaban J connectivity index is 4.78. The van der Waals surface area contributed by atoms with E-state index in [0.29, 0.717) is 12.8 Å². The number of nitrogens with one attached hydrogen (secondary N) is 1. The molecule has 0 aliphatic heterocycles. The second-order valence-electron chi connectivity index (χ2n) is 3.57. The summed E-state index contributed by atoms with van der Waals surface area (Å²) < 4.78 is 49.2. The fourth-order valence-corrected chi connectivity index (χ4v) is 1.19. The number of rotatable bonds is 6. The Morgan fingerprint density at radius 2 is 1.75 bits per heavy atom. The molecular weight excluding hydrogens is 228 g/mol. The molecule has 0 saturated carbocycles. The number of hydrogen-bond acceptors (Lipinski definition) is 2. The molecule has 0 aromatic carbocycles. The van der Waals surface area contributed by atoms with Crippen LogP contribution < -0.4 is 11.1 Å². The predicted molar refractivity (Wildman–Crippen MR) is 51.5 cm³/mol. The van der Waals surface area contributed by atoms with Crippen LogP contribution in [-0.4, -0.2) is 30.3 Å². The van der Waals surface area contributed by atoms with Gasteiger partial charge in [-0.25, -0.2) is 8.78 Å². The summed E-state index contributed by atoms with van der Waals surface area (Å²) in [4.78, 5) is 11.0. The predicted octanol–water partition coefficient (Wildman–Crippen LogP) is 1.52. The van der Waals surface area contributed by atoms with E-state index in [1.165, 1.54) is 0 Å². The maximum atomic E-state index is 12.7. The van der Waals surface area contributed by atoms with E-state index in [9.17, 15) is 22.4 Å². The lowest BCUT2D eigenvalue weighted by Crippen LogP contribution is -2.58. The van der Waals surface area contributed by atoms with Crippen LogP contribution >= 0.6 is 0 Å². The van der Waals surface area contributed by atoms with Crippen LogP contribution in [0.15, 0.2) is 0 Å². The molecule has 0 unspecified atom stereocenters. The molecule has 3 nitrogen and oxygen atoms in total. The molecule has 0 atom stereocenters. The Bertz CT molecular complexity index is 233. The quantitative estimate of drug-likeness (QED) is 0.696. The van der Waals surface area contributed by atoms with E-state index >= 15 is 0 Å². The first-order valence-corrected chi connectivity index (χ1v) is 4.94. The molecule has 0 fully saturated rings. The van der Waals surface area contributed by atoms with Gasteiger partial charge in [0.2, 0.25) is 0 Å². The summed E-state index contributed by atoms with van der Waals surface area (Å²) in [6.07, 6.45) is -3.42. The zero-order valence-electron chi connectivity index (χ0n) is 9.20. The molecular formula is C9H16F4N2O. The lowest BCUT2D eigenvalue weighted by molar-refractivity contribution is -0.171. The SMILES string of the molecule is CCC(CC)(CN)NC(=O)C(F)(F)C(F)F. The number of alkyl halides is 4. The highest BCUT2D eigenvalue weighted by Crippen LogP contribution is 2.25. The number of hydrogen-bond donors (Lipinski definition) is 2. The summed E-state index contributed by atoms with van der Waals surface area (Å²) in [5, 5.41) is 1.91. The summed E-state index contributed by atoms with van der Waals surface area (Å²) in [5.41, 5.74) is 4.30. The van der Waals surface area contributed by atoms with Crippen molar-refractivity contribution in [3.8, 4) is 0 Å². The topological polar surface area (TPSA) is 55.1 Å². The van der Waals surface area contributed by atoms with Crippen molar-refractivity contribution < 1.29 is 22.4 Å². The zero-order valence-corrected chi connectivity index (χ0v) is 9.20. The van der Waals surface area contributed by atoms with E-state index < -0.39 is 23.8 Å². The smallest absolute Gasteiger partial charge is 0.344 e. The van der Waals surface area contributed by atoms with Gasteiger partial charge in [-0.05, 0) is 12.8 Å². The van der Waals surface area contributed by atoms with Gasteiger partial charge in [0.25, 0.3) is 5.91 Å². The van der Waals surface area contributed by atoms with E-state index in [2.05, 4.69) is 0 Å². The van der Waals surface area contributed by atoms with Crippen LogP contribution in [0.25, 0.3) is 0 Å². The third-order valence-corrected chi connectivity index (χ3v) is 2.70. The van der Waals surface area contributed by atoms with E-state index in [0.717, 1.165) is 0 Å². The van der Waals surface area contributed by atoms with Crippen molar-refractivity contribution in [2.75, 3.05) is 6.54 Å². The van der Waals surface area contributed by atoms with Crippen LogP contribution in [0.3, 0.4) is 0 Å². The maximum Gasteiger partial charge on any atom is 0.383 e. The van der Waals surface area contributed by atoms with Gasteiger partial charge in [0, 0.05) is 6.54 Å². The number of halogens is 4. The molecule has 0 aliphatic carbocycles. The molecule has 96 valence electrons. The largest absolute Gasteiger partial charge is 0.383 e. The van der Waals surface area contributed by atoms with Crippen LogP contribution in [0.2, 0.25) is 0 Å². The van der Waals surface area contributed by atoms with Crippen molar-refractivity contribution in [2.24, 2.45) is 5.73 Å². The number of carbonyl (C=O) groups excluding carboxylic acids is 1. The Morgan fingerprint density at radius 1 is 1.31 bits per heavy atom. The monoisotopic (exact) mass is 244 g/mol. The van der Waals surface area contributed by atoms with Gasteiger partial charge in [0.05, 0.1) is 5.54 Å². The normalized spacial score (nSPS) is 13.0. The summed E-state index contributed by atoms with van der Waals surface area (Å²) in [6.45, 7) is 3.19. The van der Waals surface area contributed by atoms with Crippen LogP contribution in [0.4, 0.5) is 17.6 Å². The first-order valence-electron chi connectivity index (χ1n) is 4.94. The van der Waals surface area contributed by atoms with Gasteiger partial charge in [-0.3, -0.25) is 4.79 Å². The van der Waals surface area contributed by atoms with Crippen molar-refractivity contribution >= 4 is 5.91 Å². The Morgan fingerprint density at radius 3 is 2.00 bits per heavy atom. The fraction of sp³-hybridized carbons (Fsp3) is 0.889. The molecule has 0 bridgehead atoms. The maximum absolute atomic E-state index is 12.7. The molecule has 1 amide bonds. The second-order valence-corrected chi connectivity index (χ2v) is 3.57. The van der Waals surface area contributed by atoms with Crippen LogP contribution in [0.1, 0.15) is 26.7 Å². The minimum absolute atomic E-state index is 0.0783. The Hall–Kier alpha value is -0.850. The van der Waals surface area contributed by atoms with Crippen molar-refractivity contribution in [1.29, 1.82) is 0 Å². The molecule has 0 aromatic heterocycles. The van der Waals surface area contributed by atoms with Crippen molar-refractivity contribution in [2.45, 2.75) is 44.6 Å².